The van der Waals surface area contributed by atoms with E-state index in [-0.39, 0.29) is 0 Å². The SMILES string of the molecule is CCCCC/C=C\C/C=C\CCCCCCCCC(CCCCCCCC/C=C\C/C=C\CCCCC)NC(=S)N(CC)CCN(C)C. The Bertz CT molecular complexity index is 736. The zero-order chi connectivity index (χ0) is 35.2. The summed E-state index contributed by atoms with van der Waals surface area (Å²) in [7, 11) is 4.29. The van der Waals surface area contributed by atoms with E-state index < -0.39 is 0 Å². The van der Waals surface area contributed by atoms with Crippen LogP contribution in [-0.4, -0.2) is 54.7 Å². The number of thiocarbonyl (C=S) groups is 1. The van der Waals surface area contributed by atoms with Gasteiger partial charge in [0.25, 0.3) is 0 Å². The Morgan fingerprint density at radius 1 is 0.500 bits per heavy atom. The molecule has 4 heteroatoms. The molecule has 0 aliphatic heterocycles. The molecule has 0 rings (SSSR count). The van der Waals surface area contributed by atoms with Crippen molar-refractivity contribution in [2.24, 2.45) is 0 Å². The number of allylic oxidation sites excluding steroid dienone is 8. The normalized spacial score (nSPS) is 12.3. The lowest BCUT2D eigenvalue weighted by Crippen LogP contribution is -2.46. The molecule has 1 N–H and O–H groups in total. The molecule has 0 aliphatic rings. The first-order chi connectivity index (χ1) is 23.5. The van der Waals surface area contributed by atoms with Crippen LogP contribution >= 0.6 is 12.2 Å². The predicted molar refractivity (Wildman–Crippen MR) is 223 cm³/mol. The first-order valence-electron chi connectivity index (χ1n) is 20.8. The maximum absolute atomic E-state index is 5.91. The number of unbranched alkanes of at least 4 members (excludes halogenated alkanes) is 18. The van der Waals surface area contributed by atoms with Crippen LogP contribution in [-0.2, 0) is 0 Å². The molecule has 48 heavy (non-hydrogen) atoms. The van der Waals surface area contributed by atoms with Crippen molar-refractivity contribution in [3.63, 3.8) is 0 Å². The van der Waals surface area contributed by atoms with Crippen LogP contribution in [0, 0.1) is 0 Å². The van der Waals surface area contributed by atoms with Crippen molar-refractivity contribution >= 4 is 17.3 Å². The van der Waals surface area contributed by atoms with E-state index in [1.165, 1.54) is 154 Å². The van der Waals surface area contributed by atoms with E-state index in [2.05, 4.69) is 98.6 Å². The van der Waals surface area contributed by atoms with Crippen molar-refractivity contribution in [1.29, 1.82) is 0 Å². The lowest BCUT2D eigenvalue weighted by Gasteiger charge is -2.29. The van der Waals surface area contributed by atoms with Crippen molar-refractivity contribution in [2.45, 2.75) is 194 Å². The number of hydrogen-bond acceptors (Lipinski definition) is 2. The Hall–Kier alpha value is -1.39. The molecule has 0 aromatic rings. The van der Waals surface area contributed by atoms with Crippen LogP contribution in [0.1, 0.15) is 188 Å². The molecule has 0 atom stereocenters. The fourth-order valence-corrected chi connectivity index (χ4v) is 6.42. The summed E-state index contributed by atoms with van der Waals surface area (Å²) in [4.78, 5) is 4.59. The Morgan fingerprint density at radius 3 is 1.25 bits per heavy atom. The molecule has 0 heterocycles. The van der Waals surface area contributed by atoms with Gasteiger partial charge in [-0.15, -0.1) is 0 Å². The van der Waals surface area contributed by atoms with Crippen molar-refractivity contribution in [2.75, 3.05) is 33.7 Å². The summed E-state index contributed by atoms with van der Waals surface area (Å²) in [5.74, 6) is 0. The van der Waals surface area contributed by atoms with Crippen molar-refractivity contribution in [3.05, 3.63) is 48.6 Å². The van der Waals surface area contributed by atoms with Gasteiger partial charge in [0.2, 0.25) is 0 Å². The highest BCUT2D eigenvalue weighted by atomic mass is 32.1. The van der Waals surface area contributed by atoms with E-state index in [9.17, 15) is 0 Å². The zero-order valence-electron chi connectivity index (χ0n) is 33.0. The van der Waals surface area contributed by atoms with Gasteiger partial charge in [0.05, 0.1) is 0 Å². The van der Waals surface area contributed by atoms with Gasteiger partial charge in [-0.25, -0.2) is 0 Å². The highest BCUT2D eigenvalue weighted by Crippen LogP contribution is 2.16. The Kier molecular flexibility index (Phi) is 37.3. The minimum atomic E-state index is 0.516. The second-order valence-corrected chi connectivity index (χ2v) is 14.7. The first kappa shape index (κ1) is 46.6. The second-order valence-electron chi connectivity index (χ2n) is 14.3. The van der Waals surface area contributed by atoms with E-state index in [4.69, 9.17) is 12.2 Å². The smallest absolute Gasteiger partial charge is 0.169 e. The van der Waals surface area contributed by atoms with Crippen LogP contribution in [0.25, 0.3) is 0 Å². The molecule has 0 amide bonds. The van der Waals surface area contributed by atoms with E-state index in [0.29, 0.717) is 6.04 Å². The summed E-state index contributed by atoms with van der Waals surface area (Å²) in [6.45, 7) is 9.78. The van der Waals surface area contributed by atoms with E-state index in [0.717, 1.165) is 37.6 Å². The number of hydrogen-bond donors (Lipinski definition) is 1. The molecule has 0 saturated carbocycles. The van der Waals surface area contributed by atoms with Gasteiger partial charge in [-0.05, 0) is 110 Å². The van der Waals surface area contributed by atoms with Gasteiger partial charge in [0.15, 0.2) is 5.11 Å². The third-order valence-corrected chi connectivity index (χ3v) is 9.70. The standard InChI is InChI=1S/C44H83N3S/c1-6-9-11-13-15-17-19-21-23-25-27-29-31-33-35-37-39-43(45-44(48)47(8-3)42-41-46(4)5)40-38-36-34-32-30-28-26-24-22-20-18-16-14-12-10-7-2/h15-18,21-24,43H,6-14,19-20,25-42H2,1-5H3,(H,45,48)/b17-15-,18-16-,23-21-,24-22-. The second kappa shape index (κ2) is 38.4. The molecule has 0 fully saturated rings. The molecule has 0 unspecified atom stereocenters. The molecular weight excluding hydrogens is 603 g/mol. The number of nitrogens with zero attached hydrogens (tertiary/aromatic N) is 2. The van der Waals surface area contributed by atoms with Crippen LogP contribution in [0.4, 0.5) is 0 Å². The van der Waals surface area contributed by atoms with Gasteiger partial charge in [-0.3, -0.25) is 0 Å². The monoisotopic (exact) mass is 686 g/mol. The largest absolute Gasteiger partial charge is 0.360 e. The lowest BCUT2D eigenvalue weighted by atomic mass is 10.00. The Balaban J connectivity index is 4.22. The molecule has 0 radical (unpaired) electrons. The Morgan fingerprint density at radius 2 is 0.875 bits per heavy atom. The fourth-order valence-electron chi connectivity index (χ4n) is 6.04. The van der Waals surface area contributed by atoms with E-state index in [1.54, 1.807) is 0 Å². The van der Waals surface area contributed by atoms with Crippen LogP contribution in [0.2, 0.25) is 0 Å². The van der Waals surface area contributed by atoms with Crippen molar-refractivity contribution < 1.29 is 0 Å². The van der Waals surface area contributed by atoms with Gasteiger partial charge >= 0.3 is 0 Å². The number of nitrogens with one attached hydrogen (secondary N) is 1. The molecule has 0 spiro atoms. The zero-order valence-corrected chi connectivity index (χ0v) is 33.8. The van der Waals surface area contributed by atoms with E-state index in [1.807, 2.05) is 0 Å². The van der Waals surface area contributed by atoms with E-state index >= 15 is 0 Å². The summed E-state index contributed by atoms with van der Waals surface area (Å²) >= 11 is 5.91. The fraction of sp³-hybridized carbons (Fsp3) is 0.795. The maximum Gasteiger partial charge on any atom is 0.169 e. The van der Waals surface area contributed by atoms with Gasteiger partial charge in [-0.1, -0.05) is 152 Å². The van der Waals surface area contributed by atoms with Crippen molar-refractivity contribution in [3.8, 4) is 0 Å². The summed E-state index contributed by atoms with van der Waals surface area (Å²) in [5.41, 5.74) is 0. The van der Waals surface area contributed by atoms with Gasteiger partial charge in [-0.2, -0.15) is 0 Å². The topological polar surface area (TPSA) is 18.5 Å². The van der Waals surface area contributed by atoms with Crippen LogP contribution in [0.3, 0.4) is 0 Å². The first-order valence-corrected chi connectivity index (χ1v) is 21.3. The van der Waals surface area contributed by atoms with Gasteiger partial charge in [0, 0.05) is 25.7 Å². The maximum atomic E-state index is 5.91. The highest BCUT2D eigenvalue weighted by molar-refractivity contribution is 7.80. The van der Waals surface area contributed by atoms with Crippen LogP contribution in [0.15, 0.2) is 48.6 Å². The third kappa shape index (κ3) is 34.5. The molecule has 0 bridgehead atoms. The lowest BCUT2D eigenvalue weighted by molar-refractivity contribution is 0.329. The minimum absolute atomic E-state index is 0.516. The minimum Gasteiger partial charge on any atom is -0.360 e. The summed E-state index contributed by atoms with van der Waals surface area (Å²) in [6.07, 6.45) is 52.8. The highest BCUT2D eigenvalue weighted by Gasteiger charge is 2.14. The molecule has 0 aromatic carbocycles. The average molecular weight is 686 g/mol. The van der Waals surface area contributed by atoms with Crippen molar-refractivity contribution in [1.82, 2.24) is 15.1 Å². The molecule has 3 nitrogen and oxygen atoms in total. The van der Waals surface area contributed by atoms with Gasteiger partial charge < -0.3 is 15.1 Å². The Labute approximate surface area is 307 Å². The van der Waals surface area contributed by atoms with Gasteiger partial charge in [0.1, 0.15) is 0 Å². The summed E-state index contributed by atoms with van der Waals surface area (Å²) in [6, 6.07) is 0.516. The number of rotatable bonds is 35. The summed E-state index contributed by atoms with van der Waals surface area (Å²) in [5, 5.41) is 4.77. The molecule has 0 saturated heterocycles. The number of likely N-dealkylation sites (N-methyl/N-ethyl adjacent to an activating group) is 2. The van der Waals surface area contributed by atoms with Crippen LogP contribution < -0.4 is 5.32 Å². The average Bonchev–Trinajstić information content (AvgIpc) is 3.07. The van der Waals surface area contributed by atoms with Crippen LogP contribution in [0.5, 0.6) is 0 Å². The molecule has 280 valence electrons. The molecular formula is C44H83N3S. The quantitative estimate of drug-likeness (QED) is 0.0406. The molecule has 0 aromatic heterocycles. The summed E-state index contributed by atoms with van der Waals surface area (Å²) < 4.78 is 0. The molecule has 0 aliphatic carbocycles. The third-order valence-electron chi connectivity index (χ3n) is 9.32. The predicted octanol–water partition coefficient (Wildman–Crippen LogP) is 13.5.